The lowest BCUT2D eigenvalue weighted by atomic mass is 9.96. The number of cyclic esters (lactones) is 1. The normalized spacial score (nSPS) is 24.3. The summed E-state index contributed by atoms with van der Waals surface area (Å²) in [7, 11) is 1.28. The van der Waals surface area contributed by atoms with E-state index in [1.54, 1.807) is 38.1 Å². The molecule has 0 spiro atoms. The van der Waals surface area contributed by atoms with E-state index in [0.29, 0.717) is 22.6 Å². The minimum Gasteiger partial charge on any atom is -0.465 e. The molecule has 3 heterocycles. The van der Waals surface area contributed by atoms with Crippen LogP contribution >= 0.6 is 11.8 Å². The molecule has 4 rings (SSSR count). The van der Waals surface area contributed by atoms with Gasteiger partial charge in [0, 0.05) is 11.3 Å². The van der Waals surface area contributed by atoms with Crippen molar-refractivity contribution >= 4 is 35.5 Å². The van der Waals surface area contributed by atoms with Crippen molar-refractivity contribution in [3.8, 4) is 0 Å². The van der Waals surface area contributed by atoms with Gasteiger partial charge in [0.1, 0.15) is 22.7 Å². The van der Waals surface area contributed by atoms with Crippen molar-refractivity contribution in [3.63, 3.8) is 0 Å². The van der Waals surface area contributed by atoms with Crippen LogP contribution in [0.1, 0.15) is 29.8 Å². The van der Waals surface area contributed by atoms with Crippen LogP contribution in [-0.4, -0.2) is 58.5 Å². The number of thioether (sulfide) groups is 1. The molecule has 2 atom stereocenters. The van der Waals surface area contributed by atoms with Crippen LogP contribution in [0.2, 0.25) is 0 Å². The van der Waals surface area contributed by atoms with E-state index in [9.17, 15) is 19.2 Å². The van der Waals surface area contributed by atoms with Crippen molar-refractivity contribution in [3.05, 3.63) is 46.7 Å². The van der Waals surface area contributed by atoms with E-state index < -0.39 is 23.6 Å². The Labute approximate surface area is 171 Å². The third-order valence-corrected chi connectivity index (χ3v) is 6.61. The third kappa shape index (κ3) is 3.09. The number of ether oxygens (including phenoxy) is 2. The molecule has 0 aromatic heterocycles. The third-order valence-electron chi connectivity index (χ3n) is 5.33. The monoisotopic (exact) mass is 416 g/mol. The standard InChI is InChI=1S/C20H20N2O6S/c1-20(2)12-9-29-17-14(16(24)22(17)15(12)19(26)28-20)21-13(23)8-10-6-4-5-7-11(10)18(25)27-3/h4-7,14,17H,8-9H2,1-3H3,(H,21,23)/t14?,17-/m0/s1. The summed E-state index contributed by atoms with van der Waals surface area (Å²) in [5.74, 6) is -1.18. The number of esters is 2. The van der Waals surface area contributed by atoms with Crippen LogP contribution in [0.5, 0.6) is 0 Å². The highest BCUT2D eigenvalue weighted by molar-refractivity contribution is 8.00. The van der Waals surface area contributed by atoms with Gasteiger partial charge in [0.15, 0.2) is 0 Å². The molecule has 29 heavy (non-hydrogen) atoms. The second-order valence-corrected chi connectivity index (χ2v) is 8.61. The van der Waals surface area contributed by atoms with Crippen LogP contribution in [0.3, 0.4) is 0 Å². The van der Waals surface area contributed by atoms with E-state index in [2.05, 4.69) is 5.32 Å². The van der Waals surface area contributed by atoms with E-state index in [0.717, 1.165) is 5.57 Å². The van der Waals surface area contributed by atoms with E-state index in [4.69, 9.17) is 9.47 Å². The average molecular weight is 416 g/mol. The number of carbonyl (C=O) groups is 4. The first kappa shape index (κ1) is 19.5. The van der Waals surface area contributed by atoms with Crippen molar-refractivity contribution in [1.82, 2.24) is 10.2 Å². The van der Waals surface area contributed by atoms with Crippen LogP contribution in [0.4, 0.5) is 0 Å². The lowest BCUT2D eigenvalue weighted by Gasteiger charge is -2.48. The highest BCUT2D eigenvalue weighted by Gasteiger charge is 2.58. The maximum atomic E-state index is 12.7. The zero-order chi connectivity index (χ0) is 20.9. The Kier molecular flexibility index (Phi) is 4.65. The number of benzene rings is 1. The van der Waals surface area contributed by atoms with Gasteiger partial charge >= 0.3 is 11.9 Å². The van der Waals surface area contributed by atoms with Crippen LogP contribution in [0, 0.1) is 0 Å². The Bertz CT molecular complexity index is 969. The summed E-state index contributed by atoms with van der Waals surface area (Å²) in [6, 6.07) is 5.95. The minimum absolute atomic E-state index is 0.0601. The summed E-state index contributed by atoms with van der Waals surface area (Å²) in [6.45, 7) is 3.60. The van der Waals surface area contributed by atoms with Gasteiger partial charge in [-0.2, -0.15) is 0 Å². The second kappa shape index (κ2) is 6.91. The SMILES string of the molecule is COC(=O)c1ccccc1CC(=O)NC1C(=O)N2C3=C(CS[C@@H]12)C(C)(C)OC3=O. The predicted octanol–water partition coefficient (Wildman–Crippen LogP) is 1.01. The molecular weight excluding hydrogens is 396 g/mol. The lowest BCUT2D eigenvalue weighted by molar-refractivity contribution is -0.153. The van der Waals surface area contributed by atoms with Gasteiger partial charge in [0.05, 0.1) is 19.1 Å². The lowest BCUT2D eigenvalue weighted by Crippen LogP contribution is -2.70. The molecule has 3 aliphatic heterocycles. The maximum Gasteiger partial charge on any atom is 0.356 e. The van der Waals surface area contributed by atoms with E-state index in [1.807, 2.05) is 0 Å². The fourth-order valence-corrected chi connectivity index (χ4v) is 5.35. The molecule has 152 valence electrons. The number of nitrogens with zero attached hydrogens (tertiary/aromatic N) is 1. The maximum absolute atomic E-state index is 12.7. The molecule has 2 amide bonds. The molecule has 8 nitrogen and oxygen atoms in total. The summed E-state index contributed by atoms with van der Waals surface area (Å²) in [6.07, 6.45) is -0.0601. The molecule has 1 fully saturated rings. The summed E-state index contributed by atoms with van der Waals surface area (Å²) in [5.41, 5.74) is 1.21. The number of fused-ring (bicyclic) bond motifs is 2. The first-order chi connectivity index (χ1) is 13.7. The minimum atomic E-state index is -0.726. The van der Waals surface area contributed by atoms with Gasteiger partial charge in [-0.1, -0.05) is 18.2 Å². The molecule has 0 aliphatic carbocycles. The highest BCUT2D eigenvalue weighted by atomic mass is 32.2. The number of hydrogen-bond acceptors (Lipinski definition) is 7. The number of carbonyl (C=O) groups excluding carboxylic acids is 4. The zero-order valence-corrected chi connectivity index (χ0v) is 17.0. The van der Waals surface area contributed by atoms with Gasteiger partial charge in [0.2, 0.25) is 5.91 Å². The fraction of sp³-hybridized carbons (Fsp3) is 0.400. The van der Waals surface area contributed by atoms with Crippen LogP contribution in [-0.2, 0) is 30.3 Å². The summed E-state index contributed by atoms with van der Waals surface area (Å²) in [5, 5.41) is 2.39. The molecule has 0 radical (unpaired) electrons. The molecule has 9 heteroatoms. The van der Waals surface area contributed by atoms with Crippen LogP contribution < -0.4 is 5.32 Å². The van der Waals surface area contributed by atoms with Gasteiger partial charge in [-0.25, -0.2) is 9.59 Å². The quantitative estimate of drug-likeness (QED) is 0.577. The molecule has 1 unspecified atom stereocenters. The largest absolute Gasteiger partial charge is 0.465 e. The van der Waals surface area contributed by atoms with Crippen molar-refractivity contribution in [2.75, 3.05) is 12.9 Å². The first-order valence-electron chi connectivity index (χ1n) is 9.12. The number of methoxy groups -OCH3 is 1. The van der Waals surface area contributed by atoms with E-state index in [1.165, 1.54) is 23.8 Å². The van der Waals surface area contributed by atoms with Gasteiger partial charge < -0.3 is 14.8 Å². The first-order valence-corrected chi connectivity index (χ1v) is 10.2. The topological polar surface area (TPSA) is 102 Å². The van der Waals surface area contributed by atoms with E-state index in [-0.39, 0.29) is 23.6 Å². The van der Waals surface area contributed by atoms with Gasteiger partial charge in [-0.15, -0.1) is 11.8 Å². The molecule has 1 aromatic carbocycles. The summed E-state index contributed by atoms with van der Waals surface area (Å²) in [4.78, 5) is 50.8. The van der Waals surface area contributed by atoms with Crippen LogP contribution in [0.15, 0.2) is 35.5 Å². The van der Waals surface area contributed by atoms with Crippen LogP contribution in [0.25, 0.3) is 0 Å². The Hall–Kier alpha value is -2.81. The van der Waals surface area contributed by atoms with E-state index >= 15 is 0 Å². The number of β-lactam (4-membered cyclic amide) rings is 1. The fourth-order valence-electron chi connectivity index (χ4n) is 3.79. The zero-order valence-electron chi connectivity index (χ0n) is 16.2. The Morgan fingerprint density at radius 3 is 2.76 bits per heavy atom. The predicted molar refractivity (Wildman–Crippen MR) is 104 cm³/mol. The average Bonchev–Trinajstić information content (AvgIpc) is 2.93. The summed E-state index contributed by atoms with van der Waals surface area (Å²) >= 11 is 1.49. The van der Waals surface area contributed by atoms with Gasteiger partial charge in [0.25, 0.3) is 5.91 Å². The molecular formula is C20H20N2O6S. The second-order valence-electron chi connectivity index (χ2n) is 7.51. The number of hydrogen-bond donors (Lipinski definition) is 1. The Balaban J connectivity index is 1.47. The molecule has 0 bridgehead atoms. The molecule has 1 aromatic rings. The number of amides is 2. The van der Waals surface area contributed by atoms with Gasteiger partial charge in [-0.3, -0.25) is 14.5 Å². The highest BCUT2D eigenvalue weighted by Crippen LogP contribution is 2.47. The molecule has 3 aliphatic rings. The Morgan fingerprint density at radius 2 is 2.03 bits per heavy atom. The van der Waals surface area contributed by atoms with Crippen molar-refractivity contribution in [1.29, 1.82) is 0 Å². The number of rotatable bonds is 4. The molecule has 1 saturated heterocycles. The van der Waals surface area contributed by atoms with Crippen molar-refractivity contribution < 1.29 is 28.7 Å². The summed E-state index contributed by atoms with van der Waals surface area (Å²) < 4.78 is 10.1. The molecule has 1 N–H and O–H groups in total. The smallest absolute Gasteiger partial charge is 0.356 e. The Morgan fingerprint density at radius 1 is 1.31 bits per heavy atom. The molecule has 0 saturated carbocycles. The van der Waals surface area contributed by atoms with Crippen molar-refractivity contribution in [2.45, 2.75) is 37.3 Å². The number of nitrogens with one attached hydrogen (secondary N) is 1. The van der Waals surface area contributed by atoms with Gasteiger partial charge in [-0.05, 0) is 25.5 Å². The van der Waals surface area contributed by atoms with Crippen molar-refractivity contribution in [2.24, 2.45) is 0 Å².